The van der Waals surface area contributed by atoms with Gasteiger partial charge >= 0.3 is 0 Å². The molecule has 3 nitrogen and oxygen atoms in total. The van der Waals surface area contributed by atoms with E-state index in [0.29, 0.717) is 5.92 Å². The van der Waals surface area contributed by atoms with E-state index in [0.717, 1.165) is 5.69 Å². The Balaban J connectivity index is 2.44. The summed E-state index contributed by atoms with van der Waals surface area (Å²) in [7, 11) is 1.99. The van der Waals surface area contributed by atoms with Crippen LogP contribution >= 0.6 is 11.5 Å². The number of nitrogens with zero attached hydrogens (tertiary/aromatic N) is 2. The lowest BCUT2D eigenvalue weighted by Crippen LogP contribution is -2.18. The molecule has 19 heavy (non-hydrogen) atoms. The smallest absolute Gasteiger partial charge is 0.0832 e. The van der Waals surface area contributed by atoms with Crippen LogP contribution in [0, 0.1) is 13.8 Å². The highest BCUT2D eigenvalue weighted by atomic mass is 32.1. The molecule has 1 atom stereocenters. The van der Waals surface area contributed by atoms with E-state index in [1.165, 1.54) is 33.1 Å². The monoisotopic (exact) mass is 275 g/mol. The molecule has 1 heterocycles. The van der Waals surface area contributed by atoms with Crippen LogP contribution in [0.5, 0.6) is 0 Å². The lowest BCUT2D eigenvalue weighted by molar-refractivity contribution is 0.678. The van der Waals surface area contributed by atoms with Gasteiger partial charge in [-0.3, -0.25) is 0 Å². The Labute approximate surface area is 119 Å². The molecule has 0 aliphatic rings. The van der Waals surface area contributed by atoms with Gasteiger partial charge < -0.3 is 5.32 Å². The average Bonchev–Trinajstić information content (AvgIpc) is 2.84. The van der Waals surface area contributed by atoms with E-state index in [-0.39, 0.29) is 6.04 Å². The van der Waals surface area contributed by atoms with Gasteiger partial charge in [0.2, 0.25) is 0 Å². The summed E-state index contributed by atoms with van der Waals surface area (Å²) in [6, 6.07) is 6.79. The van der Waals surface area contributed by atoms with E-state index in [2.05, 4.69) is 60.8 Å². The molecule has 0 bridgehead atoms. The molecule has 0 aliphatic heterocycles. The van der Waals surface area contributed by atoms with Crippen LogP contribution in [-0.4, -0.2) is 16.6 Å². The molecule has 102 valence electrons. The number of nitrogens with one attached hydrogen (secondary N) is 1. The fraction of sp³-hybridized carbons (Fsp3) is 0.467. The molecule has 0 saturated carbocycles. The van der Waals surface area contributed by atoms with E-state index < -0.39 is 0 Å². The normalized spacial score (nSPS) is 12.9. The Hall–Kier alpha value is -1.26. The fourth-order valence-electron chi connectivity index (χ4n) is 2.20. The van der Waals surface area contributed by atoms with Crippen molar-refractivity contribution in [3.63, 3.8) is 0 Å². The molecule has 0 spiro atoms. The van der Waals surface area contributed by atoms with Crippen LogP contribution in [0.2, 0.25) is 0 Å². The van der Waals surface area contributed by atoms with E-state index in [1.807, 2.05) is 7.05 Å². The zero-order valence-electron chi connectivity index (χ0n) is 12.2. The van der Waals surface area contributed by atoms with E-state index in [1.54, 1.807) is 0 Å². The van der Waals surface area contributed by atoms with Crippen LogP contribution in [0.3, 0.4) is 0 Å². The number of aromatic nitrogens is 2. The Morgan fingerprint density at radius 1 is 1.16 bits per heavy atom. The zero-order chi connectivity index (χ0) is 14.0. The molecule has 0 amide bonds. The largest absolute Gasteiger partial charge is 0.309 e. The van der Waals surface area contributed by atoms with Crippen LogP contribution in [0.1, 0.15) is 53.1 Å². The third-order valence-electron chi connectivity index (χ3n) is 3.50. The molecule has 0 radical (unpaired) electrons. The van der Waals surface area contributed by atoms with Gasteiger partial charge in [-0.25, -0.2) is 0 Å². The molecule has 2 rings (SSSR count). The lowest BCUT2D eigenvalue weighted by Gasteiger charge is -2.18. The SMILES string of the molecule is CNC(c1ccc(C)c(C)c1)c1snnc1C(C)C. The summed E-state index contributed by atoms with van der Waals surface area (Å²) in [5, 5.41) is 7.67. The second kappa shape index (κ2) is 5.80. The maximum absolute atomic E-state index is 4.28. The average molecular weight is 275 g/mol. The Morgan fingerprint density at radius 3 is 2.47 bits per heavy atom. The van der Waals surface area contributed by atoms with Gasteiger partial charge in [0.1, 0.15) is 0 Å². The highest BCUT2D eigenvalue weighted by Crippen LogP contribution is 2.31. The molecule has 1 N–H and O–H groups in total. The molecule has 0 saturated heterocycles. The Bertz CT molecular complexity index is 560. The highest BCUT2D eigenvalue weighted by Gasteiger charge is 2.21. The minimum Gasteiger partial charge on any atom is -0.309 e. The number of hydrogen-bond donors (Lipinski definition) is 1. The van der Waals surface area contributed by atoms with E-state index in [4.69, 9.17) is 0 Å². The summed E-state index contributed by atoms with van der Waals surface area (Å²) in [5.41, 5.74) is 5.02. The molecule has 0 aliphatic carbocycles. The van der Waals surface area contributed by atoms with E-state index >= 15 is 0 Å². The first-order valence-corrected chi connectivity index (χ1v) is 7.38. The van der Waals surface area contributed by atoms with Crippen LogP contribution in [0.25, 0.3) is 0 Å². The first-order chi connectivity index (χ1) is 9.04. The Morgan fingerprint density at radius 2 is 1.89 bits per heavy atom. The van der Waals surface area contributed by atoms with Crippen molar-refractivity contribution >= 4 is 11.5 Å². The lowest BCUT2D eigenvalue weighted by atomic mass is 9.97. The quantitative estimate of drug-likeness (QED) is 0.926. The van der Waals surface area contributed by atoms with Crippen molar-refractivity contribution in [2.45, 2.75) is 39.7 Å². The molecule has 1 aromatic heterocycles. The predicted octanol–water partition coefficient (Wildman–Crippen LogP) is 3.59. The van der Waals surface area contributed by atoms with Crippen molar-refractivity contribution in [1.82, 2.24) is 14.9 Å². The summed E-state index contributed by atoms with van der Waals surface area (Å²) in [4.78, 5) is 1.22. The second-order valence-corrected chi connectivity index (χ2v) is 6.03. The molecular weight excluding hydrogens is 254 g/mol. The third-order valence-corrected chi connectivity index (χ3v) is 4.31. The van der Waals surface area contributed by atoms with Crippen molar-refractivity contribution in [2.75, 3.05) is 7.05 Å². The molecule has 2 aromatic rings. The minimum absolute atomic E-state index is 0.178. The standard InChI is InChI=1S/C15H21N3S/c1-9(2)13-15(19-18-17-13)14(16-5)12-7-6-10(3)11(4)8-12/h6-9,14,16H,1-5H3. The zero-order valence-corrected chi connectivity index (χ0v) is 13.0. The number of rotatable bonds is 4. The van der Waals surface area contributed by atoms with Gasteiger partial charge in [0, 0.05) is 0 Å². The molecule has 1 aromatic carbocycles. The van der Waals surface area contributed by atoms with Crippen LogP contribution in [0.15, 0.2) is 18.2 Å². The van der Waals surface area contributed by atoms with Gasteiger partial charge in [0.05, 0.1) is 16.6 Å². The summed E-state index contributed by atoms with van der Waals surface area (Å²) in [6.07, 6.45) is 0. The number of benzene rings is 1. The van der Waals surface area contributed by atoms with Crippen molar-refractivity contribution in [2.24, 2.45) is 0 Å². The maximum Gasteiger partial charge on any atom is 0.0832 e. The van der Waals surface area contributed by atoms with Crippen molar-refractivity contribution in [1.29, 1.82) is 0 Å². The van der Waals surface area contributed by atoms with Gasteiger partial charge in [-0.05, 0) is 55.0 Å². The van der Waals surface area contributed by atoms with Crippen molar-refractivity contribution in [3.05, 3.63) is 45.5 Å². The molecular formula is C15H21N3S. The summed E-state index contributed by atoms with van der Waals surface area (Å²) < 4.78 is 4.13. The number of aryl methyl sites for hydroxylation is 2. The highest BCUT2D eigenvalue weighted by molar-refractivity contribution is 7.05. The molecule has 4 heteroatoms. The summed E-state index contributed by atoms with van der Waals surface area (Å²) in [6.45, 7) is 8.61. The summed E-state index contributed by atoms with van der Waals surface area (Å²) in [5.74, 6) is 0.399. The van der Waals surface area contributed by atoms with Crippen LogP contribution in [-0.2, 0) is 0 Å². The molecule has 1 unspecified atom stereocenters. The number of hydrogen-bond acceptors (Lipinski definition) is 4. The van der Waals surface area contributed by atoms with Crippen molar-refractivity contribution in [3.8, 4) is 0 Å². The van der Waals surface area contributed by atoms with Gasteiger partial charge in [-0.2, -0.15) is 0 Å². The predicted molar refractivity (Wildman–Crippen MR) is 80.8 cm³/mol. The van der Waals surface area contributed by atoms with Gasteiger partial charge in [-0.1, -0.05) is 36.5 Å². The minimum atomic E-state index is 0.178. The van der Waals surface area contributed by atoms with Gasteiger partial charge in [0.15, 0.2) is 0 Å². The maximum atomic E-state index is 4.28. The van der Waals surface area contributed by atoms with Gasteiger partial charge in [-0.15, -0.1) is 5.10 Å². The Kier molecular flexibility index (Phi) is 4.32. The van der Waals surface area contributed by atoms with Gasteiger partial charge in [0.25, 0.3) is 0 Å². The molecule has 0 fully saturated rings. The van der Waals surface area contributed by atoms with E-state index in [9.17, 15) is 0 Å². The first kappa shape index (κ1) is 14.2. The van der Waals surface area contributed by atoms with Crippen LogP contribution in [0.4, 0.5) is 0 Å². The first-order valence-electron chi connectivity index (χ1n) is 6.61. The second-order valence-electron chi connectivity index (χ2n) is 5.24. The fourth-order valence-corrected chi connectivity index (χ4v) is 3.14. The third kappa shape index (κ3) is 2.85. The van der Waals surface area contributed by atoms with Crippen molar-refractivity contribution < 1.29 is 0 Å². The summed E-state index contributed by atoms with van der Waals surface area (Å²) >= 11 is 1.49. The van der Waals surface area contributed by atoms with Crippen LogP contribution < -0.4 is 5.32 Å². The topological polar surface area (TPSA) is 37.8 Å².